The molecule has 0 heterocycles. The van der Waals surface area contributed by atoms with Crippen LogP contribution in [0.1, 0.15) is 11.1 Å². The molecule has 2 rings (SSSR count). The van der Waals surface area contributed by atoms with Crippen LogP contribution in [0, 0.1) is 0 Å². The molecule has 2 N–H and O–H groups in total. The molecule has 2 amide bonds. The van der Waals surface area contributed by atoms with E-state index in [2.05, 4.69) is 15.8 Å². The molecule has 28 heavy (non-hydrogen) atoms. The van der Waals surface area contributed by atoms with Crippen molar-refractivity contribution in [1.29, 1.82) is 0 Å². The zero-order chi connectivity index (χ0) is 20.6. The van der Waals surface area contributed by atoms with Gasteiger partial charge in [-0.25, -0.2) is 5.43 Å². The number of benzene rings is 2. The van der Waals surface area contributed by atoms with Crippen molar-refractivity contribution in [3.8, 4) is 5.75 Å². The summed E-state index contributed by atoms with van der Waals surface area (Å²) in [5.41, 5.74) is 1.74. The van der Waals surface area contributed by atoms with E-state index in [4.69, 9.17) is 16.3 Å². The summed E-state index contributed by atoms with van der Waals surface area (Å²) in [5.74, 6) is -0.676. The molecule has 0 fully saturated rings. The van der Waals surface area contributed by atoms with E-state index in [1.165, 1.54) is 18.3 Å². The van der Waals surface area contributed by atoms with E-state index in [0.717, 1.165) is 12.1 Å². The lowest BCUT2D eigenvalue weighted by atomic mass is 10.1. The van der Waals surface area contributed by atoms with Gasteiger partial charge >= 0.3 is 6.18 Å². The van der Waals surface area contributed by atoms with Gasteiger partial charge in [0.1, 0.15) is 5.75 Å². The molecule has 0 aliphatic rings. The number of nitrogens with one attached hydrogen (secondary N) is 2. The van der Waals surface area contributed by atoms with Gasteiger partial charge in [0.15, 0.2) is 6.61 Å². The maximum absolute atomic E-state index is 12.5. The van der Waals surface area contributed by atoms with E-state index in [0.29, 0.717) is 16.3 Å². The van der Waals surface area contributed by atoms with Crippen LogP contribution in [0.15, 0.2) is 53.6 Å². The number of rotatable bonds is 7. The van der Waals surface area contributed by atoms with E-state index < -0.39 is 23.6 Å². The number of hydrazone groups is 1. The molecular formula is C18H15ClF3N3O3. The van der Waals surface area contributed by atoms with Gasteiger partial charge in [-0.05, 0) is 42.0 Å². The summed E-state index contributed by atoms with van der Waals surface area (Å²) in [5, 5.41) is 6.48. The standard InChI is InChI=1S/C18H15ClF3N3O3/c19-14-5-7-15(8-6-14)28-11-17(27)23-10-16(26)25-24-9-12-1-3-13(4-2-12)18(20,21)22/h1-9H,10-11H2,(H,23,27)(H,25,26)/b24-9-. The molecular weight excluding hydrogens is 399 g/mol. The fraction of sp³-hybridized carbons (Fsp3) is 0.167. The van der Waals surface area contributed by atoms with Gasteiger partial charge in [0.25, 0.3) is 11.8 Å². The highest BCUT2D eigenvalue weighted by Crippen LogP contribution is 2.28. The minimum atomic E-state index is -4.42. The van der Waals surface area contributed by atoms with Gasteiger partial charge in [-0.3, -0.25) is 9.59 Å². The van der Waals surface area contributed by atoms with Crippen LogP contribution in [0.3, 0.4) is 0 Å². The molecule has 0 saturated heterocycles. The summed E-state index contributed by atoms with van der Waals surface area (Å²) in [4.78, 5) is 23.2. The number of ether oxygens (including phenoxy) is 1. The lowest BCUT2D eigenvalue weighted by molar-refractivity contribution is -0.137. The quantitative estimate of drug-likeness (QED) is 0.541. The first-order valence-electron chi connectivity index (χ1n) is 7.88. The van der Waals surface area contributed by atoms with Crippen LogP contribution in [-0.4, -0.2) is 31.2 Å². The Labute approximate surface area is 163 Å². The number of carbonyl (C=O) groups excluding carboxylic acids is 2. The Balaban J connectivity index is 1.69. The molecule has 0 atom stereocenters. The number of hydrogen-bond acceptors (Lipinski definition) is 4. The van der Waals surface area contributed by atoms with E-state index in [1.54, 1.807) is 24.3 Å². The molecule has 2 aromatic carbocycles. The minimum absolute atomic E-state index is 0.288. The first-order chi connectivity index (χ1) is 13.2. The molecule has 0 aliphatic heterocycles. The largest absolute Gasteiger partial charge is 0.484 e. The van der Waals surface area contributed by atoms with Crippen molar-refractivity contribution < 1.29 is 27.5 Å². The second kappa shape index (κ2) is 9.75. The fourth-order valence-corrected chi connectivity index (χ4v) is 2.01. The molecule has 2 aromatic rings. The van der Waals surface area contributed by atoms with Gasteiger partial charge in [-0.1, -0.05) is 23.7 Å². The van der Waals surface area contributed by atoms with Crippen LogP contribution in [0.4, 0.5) is 13.2 Å². The molecule has 0 aromatic heterocycles. The van der Waals surface area contributed by atoms with Crippen LogP contribution >= 0.6 is 11.6 Å². The third-order valence-corrected chi connectivity index (χ3v) is 3.52. The number of hydrogen-bond donors (Lipinski definition) is 2. The Morgan fingerprint density at radius 2 is 1.68 bits per heavy atom. The number of amides is 2. The Morgan fingerprint density at radius 3 is 2.29 bits per heavy atom. The van der Waals surface area contributed by atoms with Gasteiger partial charge in [0.2, 0.25) is 0 Å². The van der Waals surface area contributed by atoms with Crippen LogP contribution in [0.5, 0.6) is 5.75 Å². The maximum atomic E-state index is 12.5. The van der Waals surface area contributed by atoms with Crippen LogP contribution in [0.2, 0.25) is 5.02 Å². The summed E-state index contributed by atoms with van der Waals surface area (Å²) in [7, 11) is 0. The van der Waals surface area contributed by atoms with E-state index in [1.807, 2.05) is 0 Å². The van der Waals surface area contributed by atoms with Crippen molar-refractivity contribution in [3.63, 3.8) is 0 Å². The molecule has 0 radical (unpaired) electrons. The first kappa shape index (κ1) is 21.2. The molecule has 0 unspecified atom stereocenters. The Morgan fingerprint density at radius 1 is 1.04 bits per heavy atom. The molecule has 6 nitrogen and oxygen atoms in total. The normalized spacial score (nSPS) is 11.3. The Kier molecular flexibility index (Phi) is 7.39. The predicted molar refractivity (Wildman–Crippen MR) is 97.1 cm³/mol. The highest BCUT2D eigenvalue weighted by atomic mass is 35.5. The van der Waals surface area contributed by atoms with Crippen molar-refractivity contribution in [1.82, 2.24) is 10.7 Å². The van der Waals surface area contributed by atoms with Crippen LogP contribution in [0.25, 0.3) is 0 Å². The lowest BCUT2D eigenvalue weighted by Crippen LogP contribution is -2.37. The van der Waals surface area contributed by atoms with Crippen LogP contribution < -0.4 is 15.5 Å². The van der Waals surface area contributed by atoms with E-state index in [-0.39, 0.29) is 13.2 Å². The summed E-state index contributed by atoms with van der Waals surface area (Å²) in [6.45, 7) is -0.628. The summed E-state index contributed by atoms with van der Waals surface area (Å²) >= 11 is 5.73. The predicted octanol–water partition coefficient (Wildman–Crippen LogP) is 3.00. The molecule has 0 aliphatic carbocycles. The second-order valence-corrected chi connectivity index (χ2v) is 5.87. The Hall–Kier alpha value is -3.07. The number of halogens is 4. The summed E-state index contributed by atoms with van der Waals surface area (Å²) in [6, 6.07) is 10.7. The van der Waals surface area contributed by atoms with Gasteiger partial charge in [-0.15, -0.1) is 0 Å². The topological polar surface area (TPSA) is 79.8 Å². The second-order valence-electron chi connectivity index (χ2n) is 5.43. The lowest BCUT2D eigenvalue weighted by Gasteiger charge is -2.07. The number of carbonyl (C=O) groups is 2. The summed E-state index contributed by atoms with van der Waals surface area (Å²) < 4.78 is 42.6. The van der Waals surface area contributed by atoms with E-state index in [9.17, 15) is 22.8 Å². The van der Waals surface area contributed by atoms with Gasteiger partial charge < -0.3 is 10.1 Å². The number of nitrogens with zero attached hydrogens (tertiary/aromatic N) is 1. The highest BCUT2D eigenvalue weighted by Gasteiger charge is 2.29. The molecule has 0 spiro atoms. The SMILES string of the molecule is O=C(COc1ccc(Cl)cc1)NCC(=O)N/N=C\c1ccc(C(F)(F)F)cc1. The fourth-order valence-electron chi connectivity index (χ4n) is 1.89. The van der Waals surface area contributed by atoms with Gasteiger partial charge in [0, 0.05) is 5.02 Å². The average molecular weight is 414 g/mol. The molecule has 0 saturated carbocycles. The molecule has 10 heteroatoms. The van der Waals surface area contributed by atoms with Crippen molar-refractivity contribution in [2.24, 2.45) is 5.10 Å². The molecule has 0 bridgehead atoms. The highest BCUT2D eigenvalue weighted by molar-refractivity contribution is 6.30. The summed E-state index contributed by atoms with van der Waals surface area (Å²) in [6.07, 6.45) is -3.23. The smallest absolute Gasteiger partial charge is 0.416 e. The number of alkyl halides is 3. The first-order valence-corrected chi connectivity index (χ1v) is 8.26. The van der Waals surface area contributed by atoms with Gasteiger partial charge in [-0.2, -0.15) is 18.3 Å². The zero-order valence-electron chi connectivity index (χ0n) is 14.3. The van der Waals surface area contributed by atoms with Crippen LogP contribution in [-0.2, 0) is 15.8 Å². The average Bonchev–Trinajstić information content (AvgIpc) is 2.65. The van der Waals surface area contributed by atoms with E-state index >= 15 is 0 Å². The van der Waals surface area contributed by atoms with Gasteiger partial charge in [0.05, 0.1) is 18.3 Å². The molecule has 148 valence electrons. The third kappa shape index (κ3) is 7.28. The van der Waals surface area contributed by atoms with Crippen molar-refractivity contribution in [2.45, 2.75) is 6.18 Å². The van der Waals surface area contributed by atoms with Crippen molar-refractivity contribution >= 4 is 29.6 Å². The third-order valence-electron chi connectivity index (χ3n) is 3.27. The van der Waals surface area contributed by atoms with Crippen molar-refractivity contribution in [2.75, 3.05) is 13.2 Å². The zero-order valence-corrected chi connectivity index (χ0v) is 15.1. The minimum Gasteiger partial charge on any atom is -0.484 e. The Bertz CT molecular complexity index is 838. The monoisotopic (exact) mass is 413 g/mol. The van der Waals surface area contributed by atoms with Crippen molar-refractivity contribution in [3.05, 3.63) is 64.7 Å². The maximum Gasteiger partial charge on any atom is 0.416 e.